The number of piperidine rings is 1. The molecule has 96 valence electrons. The maximum Gasteiger partial charge on any atom is 0.337 e. The maximum atomic E-state index is 11.1. The highest BCUT2D eigenvalue weighted by molar-refractivity contribution is 5.95. The number of hydrogen-bond acceptors (Lipinski definition) is 4. The van der Waals surface area contributed by atoms with E-state index in [1.165, 1.54) is 18.2 Å². The Morgan fingerprint density at radius 2 is 1.94 bits per heavy atom. The Hall–Kier alpha value is -2.11. The minimum absolute atomic E-state index is 0.0689. The molecule has 1 N–H and O–H groups in total. The molecule has 0 radical (unpaired) electrons. The van der Waals surface area contributed by atoms with Gasteiger partial charge in [-0.15, -0.1) is 0 Å². The number of anilines is 1. The van der Waals surface area contributed by atoms with Gasteiger partial charge in [0.05, 0.1) is 16.2 Å². The zero-order valence-electron chi connectivity index (χ0n) is 9.83. The molecule has 0 saturated carbocycles. The lowest BCUT2D eigenvalue weighted by Gasteiger charge is -2.29. The van der Waals surface area contributed by atoms with E-state index in [1.807, 2.05) is 4.90 Å². The van der Waals surface area contributed by atoms with Crippen molar-refractivity contribution in [1.29, 1.82) is 0 Å². The third kappa shape index (κ3) is 2.42. The maximum absolute atomic E-state index is 11.1. The molecular weight excluding hydrogens is 236 g/mol. The Kier molecular flexibility index (Phi) is 3.45. The van der Waals surface area contributed by atoms with Crippen LogP contribution in [0.5, 0.6) is 0 Å². The number of non-ortho nitro benzene ring substituents is 1. The molecule has 0 unspecified atom stereocenters. The summed E-state index contributed by atoms with van der Waals surface area (Å²) in [6, 6.07) is 3.90. The molecule has 0 aromatic heterocycles. The van der Waals surface area contributed by atoms with Gasteiger partial charge in [-0.3, -0.25) is 10.1 Å². The summed E-state index contributed by atoms with van der Waals surface area (Å²) in [5, 5.41) is 19.9. The second kappa shape index (κ2) is 5.03. The van der Waals surface area contributed by atoms with Crippen LogP contribution in [-0.2, 0) is 0 Å². The fourth-order valence-corrected chi connectivity index (χ4v) is 2.21. The Morgan fingerprint density at radius 3 is 2.50 bits per heavy atom. The first-order valence-corrected chi connectivity index (χ1v) is 5.86. The lowest BCUT2D eigenvalue weighted by Crippen LogP contribution is -2.30. The normalized spacial score (nSPS) is 15.4. The molecule has 0 spiro atoms. The molecule has 1 aromatic carbocycles. The van der Waals surface area contributed by atoms with Crippen LogP contribution in [0, 0.1) is 10.1 Å². The number of aromatic carboxylic acids is 1. The van der Waals surface area contributed by atoms with Crippen LogP contribution in [0.2, 0.25) is 0 Å². The zero-order valence-corrected chi connectivity index (χ0v) is 9.83. The first kappa shape index (κ1) is 12.3. The summed E-state index contributed by atoms with van der Waals surface area (Å²) in [7, 11) is 0. The van der Waals surface area contributed by atoms with Gasteiger partial charge in [-0.2, -0.15) is 0 Å². The van der Waals surface area contributed by atoms with Gasteiger partial charge < -0.3 is 10.0 Å². The Balaban J connectivity index is 2.42. The molecule has 0 aliphatic carbocycles. The van der Waals surface area contributed by atoms with E-state index in [0.29, 0.717) is 5.69 Å². The van der Waals surface area contributed by atoms with Gasteiger partial charge in [-0.25, -0.2) is 4.79 Å². The SMILES string of the molecule is O=C(O)c1ccc([N+](=O)[O-])cc1N1CCCCC1. The van der Waals surface area contributed by atoms with Gasteiger partial charge >= 0.3 is 5.97 Å². The highest BCUT2D eigenvalue weighted by atomic mass is 16.6. The monoisotopic (exact) mass is 250 g/mol. The summed E-state index contributed by atoms with van der Waals surface area (Å²) >= 11 is 0. The number of nitrogens with zero attached hydrogens (tertiary/aromatic N) is 2. The van der Waals surface area contributed by atoms with Crippen LogP contribution in [0.25, 0.3) is 0 Å². The van der Waals surface area contributed by atoms with E-state index in [9.17, 15) is 14.9 Å². The van der Waals surface area contributed by atoms with Crippen molar-refractivity contribution in [2.75, 3.05) is 18.0 Å². The largest absolute Gasteiger partial charge is 0.478 e. The lowest BCUT2D eigenvalue weighted by atomic mass is 10.1. The molecule has 1 aromatic rings. The topological polar surface area (TPSA) is 83.7 Å². The fraction of sp³-hybridized carbons (Fsp3) is 0.417. The molecule has 6 heteroatoms. The van der Waals surface area contributed by atoms with E-state index in [-0.39, 0.29) is 11.3 Å². The summed E-state index contributed by atoms with van der Waals surface area (Å²) in [5.74, 6) is -1.05. The number of carbonyl (C=O) groups is 1. The molecule has 18 heavy (non-hydrogen) atoms. The van der Waals surface area contributed by atoms with E-state index in [2.05, 4.69) is 0 Å². The molecular formula is C12H14N2O4. The van der Waals surface area contributed by atoms with Crippen molar-refractivity contribution >= 4 is 17.3 Å². The molecule has 1 heterocycles. The number of nitro benzene ring substituents is 1. The third-order valence-electron chi connectivity index (χ3n) is 3.12. The first-order valence-electron chi connectivity index (χ1n) is 5.86. The van der Waals surface area contributed by atoms with Crippen LogP contribution in [0.3, 0.4) is 0 Å². The highest BCUT2D eigenvalue weighted by Crippen LogP contribution is 2.28. The summed E-state index contributed by atoms with van der Waals surface area (Å²) in [5.41, 5.74) is 0.513. The van der Waals surface area contributed by atoms with E-state index in [0.717, 1.165) is 32.4 Å². The third-order valence-corrected chi connectivity index (χ3v) is 3.12. The number of benzene rings is 1. The average Bonchev–Trinajstić information content (AvgIpc) is 2.39. The van der Waals surface area contributed by atoms with Crippen LogP contribution in [-0.4, -0.2) is 29.1 Å². The second-order valence-corrected chi connectivity index (χ2v) is 4.31. The van der Waals surface area contributed by atoms with Crippen molar-refractivity contribution in [2.45, 2.75) is 19.3 Å². The molecule has 6 nitrogen and oxygen atoms in total. The summed E-state index contributed by atoms with van der Waals surface area (Å²) in [6.07, 6.45) is 3.09. The van der Waals surface area contributed by atoms with Crippen molar-refractivity contribution in [3.05, 3.63) is 33.9 Å². The second-order valence-electron chi connectivity index (χ2n) is 4.31. The molecule has 1 aliphatic rings. The van der Waals surface area contributed by atoms with Crippen molar-refractivity contribution in [2.24, 2.45) is 0 Å². The van der Waals surface area contributed by atoms with Crippen LogP contribution in [0.15, 0.2) is 18.2 Å². The predicted octanol–water partition coefficient (Wildman–Crippen LogP) is 2.28. The molecule has 1 aliphatic heterocycles. The molecule has 1 saturated heterocycles. The molecule has 0 atom stereocenters. The van der Waals surface area contributed by atoms with Gasteiger partial charge in [0.15, 0.2) is 0 Å². The number of hydrogen-bond donors (Lipinski definition) is 1. The number of nitro groups is 1. The van der Waals surface area contributed by atoms with Gasteiger partial charge in [-0.1, -0.05) is 0 Å². The number of rotatable bonds is 3. The summed E-state index contributed by atoms with van der Waals surface area (Å²) < 4.78 is 0. The van der Waals surface area contributed by atoms with E-state index < -0.39 is 10.9 Å². The van der Waals surface area contributed by atoms with Crippen LogP contribution >= 0.6 is 0 Å². The van der Waals surface area contributed by atoms with E-state index in [1.54, 1.807) is 0 Å². The highest BCUT2D eigenvalue weighted by Gasteiger charge is 2.21. The lowest BCUT2D eigenvalue weighted by molar-refractivity contribution is -0.384. The smallest absolute Gasteiger partial charge is 0.337 e. The van der Waals surface area contributed by atoms with Gasteiger partial charge in [0.2, 0.25) is 0 Å². The first-order chi connectivity index (χ1) is 8.59. The minimum atomic E-state index is -1.05. The van der Waals surface area contributed by atoms with Crippen LogP contribution in [0.4, 0.5) is 11.4 Å². The minimum Gasteiger partial charge on any atom is -0.478 e. The van der Waals surface area contributed by atoms with Gasteiger partial charge in [0.1, 0.15) is 0 Å². The molecule has 0 bridgehead atoms. The Labute approximate surface area is 104 Å². The van der Waals surface area contributed by atoms with E-state index >= 15 is 0 Å². The zero-order chi connectivity index (χ0) is 13.1. The van der Waals surface area contributed by atoms with E-state index in [4.69, 9.17) is 5.11 Å². The van der Waals surface area contributed by atoms with Crippen LogP contribution < -0.4 is 4.90 Å². The predicted molar refractivity (Wildman–Crippen MR) is 66.1 cm³/mol. The van der Waals surface area contributed by atoms with Gasteiger partial charge in [-0.05, 0) is 25.3 Å². The molecule has 0 amide bonds. The Bertz CT molecular complexity index is 481. The van der Waals surface area contributed by atoms with Crippen molar-refractivity contribution < 1.29 is 14.8 Å². The number of carboxylic acids is 1. The van der Waals surface area contributed by atoms with Gasteiger partial charge in [0, 0.05) is 25.2 Å². The molecule has 1 fully saturated rings. The number of carboxylic acid groups (broad SMARTS) is 1. The summed E-state index contributed by atoms with van der Waals surface area (Å²) in [6.45, 7) is 1.50. The Morgan fingerprint density at radius 1 is 1.28 bits per heavy atom. The molecule has 2 rings (SSSR count). The van der Waals surface area contributed by atoms with Crippen molar-refractivity contribution in [3.63, 3.8) is 0 Å². The quantitative estimate of drug-likeness (QED) is 0.657. The standard InChI is InChI=1S/C12H14N2O4/c15-12(16)10-5-4-9(14(17)18)8-11(10)13-6-2-1-3-7-13/h4-5,8H,1-3,6-7H2,(H,15,16). The van der Waals surface area contributed by atoms with Crippen molar-refractivity contribution in [1.82, 2.24) is 0 Å². The van der Waals surface area contributed by atoms with Crippen molar-refractivity contribution in [3.8, 4) is 0 Å². The average molecular weight is 250 g/mol. The van der Waals surface area contributed by atoms with Gasteiger partial charge in [0.25, 0.3) is 5.69 Å². The van der Waals surface area contributed by atoms with Crippen LogP contribution in [0.1, 0.15) is 29.6 Å². The summed E-state index contributed by atoms with van der Waals surface area (Å²) in [4.78, 5) is 23.3. The fourth-order valence-electron chi connectivity index (χ4n) is 2.21.